The summed E-state index contributed by atoms with van der Waals surface area (Å²) in [5, 5.41) is 0. The Labute approximate surface area is 125 Å². The maximum Gasteiger partial charge on any atom is 0.223 e. The highest BCUT2D eigenvalue weighted by Gasteiger charge is 2.38. The molecule has 1 aliphatic carbocycles. The minimum atomic E-state index is 0.0913. The minimum Gasteiger partial charge on any atom is -0.341 e. The summed E-state index contributed by atoms with van der Waals surface area (Å²) in [4.78, 5) is 15.4. The van der Waals surface area contributed by atoms with Crippen LogP contribution in [0.3, 0.4) is 0 Å². The van der Waals surface area contributed by atoms with Crippen LogP contribution in [0.2, 0.25) is 0 Å². The van der Waals surface area contributed by atoms with Crippen LogP contribution in [0.15, 0.2) is 29.2 Å². The molecule has 3 nitrogen and oxygen atoms in total. The fraction of sp³-hybridized carbons (Fsp3) is 0.562. The van der Waals surface area contributed by atoms with E-state index < -0.39 is 0 Å². The summed E-state index contributed by atoms with van der Waals surface area (Å²) in [6.07, 6.45) is 6.08. The van der Waals surface area contributed by atoms with Crippen molar-refractivity contribution in [2.75, 3.05) is 19.8 Å². The van der Waals surface area contributed by atoms with E-state index in [1.54, 1.807) is 11.8 Å². The van der Waals surface area contributed by atoms with Crippen molar-refractivity contribution in [1.82, 2.24) is 4.90 Å². The number of rotatable bonds is 6. The van der Waals surface area contributed by atoms with Gasteiger partial charge in [0.05, 0.1) is 0 Å². The molecule has 1 aliphatic rings. The first-order valence-corrected chi connectivity index (χ1v) is 8.38. The van der Waals surface area contributed by atoms with Gasteiger partial charge in [0.2, 0.25) is 5.91 Å². The zero-order valence-corrected chi connectivity index (χ0v) is 13.2. The summed E-state index contributed by atoms with van der Waals surface area (Å²) in [5.74, 6) is 0.212. The number of hydrogen-bond donors (Lipinski definition) is 1. The van der Waals surface area contributed by atoms with Crippen LogP contribution in [0.1, 0.15) is 31.2 Å². The quantitative estimate of drug-likeness (QED) is 0.820. The van der Waals surface area contributed by atoms with E-state index in [9.17, 15) is 4.79 Å². The van der Waals surface area contributed by atoms with Crippen LogP contribution in [0.5, 0.6) is 0 Å². The molecule has 0 bridgehead atoms. The van der Waals surface area contributed by atoms with E-state index in [0.717, 1.165) is 12.8 Å². The third-order valence-electron chi connectivity index (χ3n) is 4.38. The molecule has 0 unspecified atom stereocenters. The van der Waals surface area contributed by atoms with Crippen molar-refractivity contribution in [2.24, 2.45) is 11.1 Å². The van der Waals surface area contributed by atoms with Gasteiger partial charge in [0.25, 0.3) is 0 Å². The van der Waals surface area contributed by atoms with Crippen molar-refractivity contribution in [3.63, 3.8) is 0 Å². The second-order valence-electron chi connectivity index (χ2n) is 5.83. The molecule has 0 saturated heterocycles. The zero-order chi connectivity index (χ0) is 14.6. The van der Waals surface area contributed by atoms with Crippen molar-refractivity contribution in [2.45, 2.75) is 37.1 Å². The molecule has 1 fully saturated rings. The molecule has 1 aromatic carbocycles. The molecule has 110 valence electrons. The van der Waals surface area contributed by atoms with E-state index in [1.807, 2.05) is 11.9 Å². The predicted molar refractivity (Wildman–Crippen MR) is 84.7 cm³/mol. The van der Waals surface area contributed by atoms with Crippen molar-refractivity contribution in [3.8, 4) is 0 Å². The first-order chi connectivity index (χ1) is 9.58. The smallest absolute Gasteiger partial charge is 0.223 e. The molecule has 1 amide bonds. The maximum atomic E-state index is 12.3. The highest BCUT2D eigenvalue weighted by molar-refractivity contribution is 7.98. The van der Waals surface area contributed by atoms with E-state index in [4.69, 9.17) is 5.73 Å². The molecular weight excluding hydrogens is 268 g/mol. The van der Waals surface area contributed by atoms with Gasteiger partial charge in [0.15, 0.2) is 0 Å². The molecule has 0 heterocycles. The van der Waals surface area contributed by atoms with Gasteiger partial charge >= 0.3 is 0 Å². The first kappa shape index (κ1) is 15.4. The molecule has 0 atom stereocenters. The van der Waals surface area contributed by atoms with Crippen molar-refractivity contribution in [1.29, 1.82) is 0 Å². The highest BCUT2D eigenvalue weighted by Crippen LogP contribution is 2.43. The number of hydrogen-bond acceptors (Lipinski definition) is 3. The Morgan fingerprint density at radius 2 is 2.00 bits per heavy atom. The summed E-state index contributed by atoms with van der Waals surface area (Å²) < 4.78 is 0. The number of nitrogens with two attached hydrogens (primary N) is 1. The van der Waals surface area contributed by atoms with Crippen LogP contribution in [0, 0.1) is 5.41 Å². The topological polar surface area (TPSA) is 46.3 Å². The van der Waals surface area contributed by atoms with Crippen LogP contribution in [0.25, 0.3) is 0 Å². The fourth-order valence-electron chi connectivity index (χ4n) is 2.68. The number of nitrogens with zero attached hydrogens (tertiary/aromatic N) is 1. The molecule has 1 aromatic rings. The first-order valence-electron chi connectivity index (χ1n) is 7.15. The lowest BCUT2D eigenvalue weighted by molar-refractivity contribution is -0.134. The second kappa shape index (κ2) is 6.64. The van der Waals surface area contributed by atoms with Crippen LogP contribution in [-0.2, 0) is 11.3 Å². The van der Waals surface area contributed by atoms with Gasteiger partial charge in [0.1, 0.15) is 0 Å². The van der Waals surface area contributed by atoms with Gasteiger partial charge in [-0.1, -0.05) is 18.6 Å². The third kappa shape index (κ3) is 3.55. The Kier molecular flexibility index (Phi) is 5.11. The summed E-state index contributed by atoms with van der Waals surface area (Å²) in [6, 6.07) is 8.40. The Bertz CT molecular complexity index is 449. The summed E-state index contributed by atoms with van der Waals surface area (Å²) in [6.45, 7) is 1.31. The molecule has 20 heavy (non-hydrogen) atoms. The molecule has 0 spiro atoms. The molecule has 2 rings (SSSR count). The third-order valence-corrected chi connectivity index (χ3v) is 5.12. The van der Waals surface area contributed by atoms with Gasteiger partial charge in [-0.3, -0.25) is 4.79 Å². The monoisotopic (exact) mass is 292 g/mol. The summed E-state index contributed by atoms with van der Waals surface area (Å²) in [5.41, 5.74) is 7.10. The molecule has 2 N–H and O–H groups in total. The maximum absolute atomic E-state index is 12.3. The number of carbonyl (C=O) groups is 1. The van der Waals surface area contributed by atoms with Crippen LogP contribution >= 0.6 is 11.8 Å². The SMILES string of the molecule is CSc1ccc(CN(C)C(=O)CC2(CN)CCC2)cc1. The molecule has 0 aromatic heterocycles. The highest BCUT2D eigenvalue weighted by atomic mass is 32.2. The van der Waals surface area contributed by atoms with Gasteiger partial charge in [-0.2, -0.15) is 0 Å². The Morgan fingerprint density at radius 3 is 2.45 bits per heavy atom. The summed E-state index contributed by atoms with van der Waals surface area (Å²) in [7, 11) is 1.88. The van der Waals surface area contributed by atoms with E-state index in [1.165, 1.54) is 16.9 Å². The summed E-state index contributed by atoms with van der Waals surface area (Å²) >= 11 is 1.73. The van der Waals surface area contributed by atoms with Crippen LogP contribution in [-0.4, -0.2) is 30.7 Å². The standard InChI is InChI=1S/C16H24N2OS/c1-18(11-13-4-6-14(20-2)7-5-13)15(19)10-16(12-17)8-3-9-16/h4-7H,3,8-12,17H2,1-2H3. The van der Waals surface area contributed by atoms with E-state index in [2.05, 4.69) is 30.5 Å². The van der Waals surface area contributed by atoms with Crippen LogP contribution < -0.4 is 5.73 Å². The minimum absolute atomic E-state index is 0.0913. The zero-order valence-electron chi connectivity index (χ0n) is 12.4. The molecule has 0 radical (unpaired) electrons. The van der Waals surface area contributed by atoms with Crippen molar-refractivity contribution >= 4 is 17.7 Å². The van der Waals surface area contributed by atoms with E-state index in [-0.39, 0.29) is 11.3 Å². The predicted octanol–water partition coefficient (Wildman–Crippen LogP) is 2.89. The van der Waals surface area contributed by atoms with Gasteiger partial charge in [0, 0.05) is 24.9 Å². The Hall–Kier alpha value is -1.00. The van der Waals surface area contributed by atoms with Crippen LogP contribution in [0.4, 0.5) is 0 Å². The van der Waals surface area contributed by atoms with Gasteiger partial charge in [-0.25, -0.2) is 0 Å². The number of amides is 1. The van der Waals surface area contributed by atoms with Gasteiger partial charge < -0.3 is 10.6 Å². The number of thioether (sulfide) groups is 1. The second-order valence-corrected chi connectivity index (χ2v) is 6.71. The van der Waals surface area contributed by atoms with E-state index in [0.29, 0.717) is 19.5 Å². The average Bonchev–Trinajstić information content (AvgIpc) is 2.43. The Morgan fingerprint density at radius 1 is 1.35 bits per heavy atom. The largest absolute Gasteiger partial charge is 0.341 e. The van der Waals surface area contributed by atoms with E-state index >= 15 is 0 Å². The molecule has 1 saturated carbocycles. The normalized spacial score (nSPS) is 16.6. The van der Waals surface area contributed by atoms with Gasteiger partial charge in [-0.15, -0.1) is 11.8 Å². The average molecular weight is 292 g/mol. The lowest BCUT2D eigenvalue weighted by Crippen LogP contribution is -2.42. The fourth-order valence-corrected chi connectivity index (χ4v) is 3.09. The lowest BCUT2D eigenvalue weighted by atomic mass is 9.66. The Balaban J connectivity index is 1.89. The molecule has 4 heteroatoms. The van der Waals surface area contributed by atoms with Gasteiger partial charge in [-0.05, 0) is 48.8 Å². The van der Waals surface area contributed by atoms with Crippen molar-refractivity contribution in [3.05, 3.63) is 29.8 Å². The van der Waals surface area contributed by atoms with Crippen molar-refractivity contribution < 1.29 is 4.79 Å². The molecule has 0 aliphatic heterocycles. The lowest BCUT2D eigenvalue weighted by Gasteiger charge is -2.41. The molecular formula is C16H24N2OS. The number of benzene rings is 1. The number of carbonyl (C=O) groups excluding carboxylic acids is 1.